The van der Waals surface area contributed by atoms with E-state index < -0.39 is 30.7 Å². The number of hydrogen-bond donors (Lipinski definition) is 3. The molecule has 3 rings (SSSR count). The van der Waals surface area contributed by atoms with E-state index in [9.17, 15) is 15.3 Å². The van der Waals surface area contributed by atoms with Crippen LogP contribution in [0.3, 0.4) is 0 Å². The SMILES string of the molecule is COc1cc(/C=C/c2ccc(OC3O[C@H](C)[C@@H](O)[C@H](O)[C@H]3O)cc2)cc(OC)c1. The molecule has 1 unspecified atom stereocenters. The van der Waals surface area contributed by atoms with E-state index in [0.717, 1.165) is 11.1 Å². The van der Waals surface area contributed by atoms with Gasteiger partial charge in [0.1, 0.15) is 35.6 Å². The highest BCUT2D eigenvalue weighted by Gasteiger charge is 2.43. The Morgan fingerprint density at radius 1 is 0.759 bits per heavy atom. The Bertz CT molecular complexity index is 811. The Morgan fingerprint density at radius 2 is 1.34 bits per heavy atom. The summed E-state index contributed by atoms with van der Waals surface area (Å²) in [5, 5.41) is 29.7. The summed E-state index contributed by atoms with van der Waals surface area (Å²) in [4.78, 5) is 0. The molecule has 0 aliphatic carbocycles. The summed E-state index contributed by atoms with van der Waals surface area (Å²) in [5.41, 5.74) is 1.87. The van der Waals surface area contributed by atoms with Crippen molar-refractivity contribution in [2.75, 3.05) is 14.2 Å². The van der Waals surface area contributed by atoms with Gasteiger partial charge in [0, 0.05) is 6.07 Å². The number of benzene rings is 2. The van der Waals surface area contributed by atoms with Crippen LogP contribution >= 0.6 is 0 Å². The third-order valence-electron chi connectivity index (χ3n) is 4.78. The highest BCUT2D eigenvalue weighted by molar-refractivity contribution is 5.71. The molecule has 1 saturated heterocycles. The minimum atomic E-state index is -1.34. The average Bonchev–Trinajstić information content (AvgIpc) is 2.75. The molecule has 1 aliphatic heterocycles. The topological polar surface area (TPSA) is 97.6 Å². The molecule has 3 N–H and O–H groups in total. The fourth-order valence-electron chi connectivity index (χ4n) is 3.02. The molecule has 5 atom stereocenters. The van der Waals surface area contributed by atoms with Crippen LogP contribution in [0.1, 0.15) is 18.1 Å². The van der Waals surface area contributed by atoms with Crippen molar-refractivity contribution in [2.24, 2.45) is 0 Å². The fraction of sp³-hybridized carbons (Fsp3) is 0.364. The Hall–Kier alpha value is -2.58. The van der Waals surface area contributed by atoms with Gasteiger partial charge in [-0.2, -0.15) is 0 Å². The number of methoxy groups -OCH3 is 2. The average molecular weight is 402 g/mol. The first kappa shape index (κ1) is 21.1. The second-order valence-corrected chi connectivity index (χ2v) is 6.85. The first-order chi connectivity index (χ1) is 13.9. The van der Waals surface area contributed by atoms with E-state index in [0.29, 0.717) is 17.2 Å². The minimum absolute atomic E-state index is 0.477. The molecule has 29 heavy (non-hydrogen) atoms. The molecule has 156 valence electrons. The van der Waals surface area contributed by atoms with E-state index in [4.69, 9.17) is 18.9 Å². The van der Waals surface area contributed by atoms with Gasteiger partial charge < -0.3 is 34.3 Å². The highest BCUT2D eigenvalue weighted by Crippen LogP contribution is 2.26. The van der Waals surface area contributed by atoms with Crippen molar-refractivity contribution < 1.29 is 34.3 Å². The van der Waals surface area contributed by atoms with Crippen molar-refractivity contribution >= 4 is 12.2 Å². The summed E-state index contributed by atoms with van der Waals surface area (Å²) >= 11 is 0. The van der Waals surface area contributed by atoms with Gasteiger partial charge in [-0.25, -0.2) is 0 Å². The molecule has 0 bridgehead atoms. The molecule has 1 aliphatic rings. The van der Waals surface area contributed by atoms with E-state index in [2.05, 4.69) is 0 Å². The van der Waals surface area contributed by atoms with Gasteiger partial charge >= 0.3 is 0 Å². The molecule has 0 radical (unpaired) electrons. The summed E-state index contributed by atoms with van der Waals surface area (Å²) in [6.45, 7) is 1.61. The van der Waals surface area contributed by atoms with Crippen LogP contribution < -0.4 is 14.2 Å². The van der Waals surface area contributed by atoms with Gasteiger partial charge in [-0.1, -0.05) is 24.3 Å². The molecule has 2 aromatic rings. The van der Waals surface area contributed by atoms with E-state index in [1.807, 2.05) is 42.5 Å². The van der Waals surface area contributed by atoms with Gasteiger partial charge in [0.15, 0.2) is 0 Å². The Labute approximate surface area is 169 Å². The summed E-state index contributed by atoms with van der Waals surface area (Å²) in [6, 6.07) is 12.8. The summed E-state index contributed by atoms with van der Waals surface area (Å²) in [7, 11) is 3.21. The zero-order valence-electron chi connectivity index (χ0n) is 16.6. The molecule has 2 aromatic carbocycles. The van der Waals surface area contributed by atoms with Gasteiger partial charge in [-0.15, -0.1) is 0 Å². The number of aliphatic hydroxyl groups excluding tert-OH is 3. The second-order valence-electron chi connectivity index (χ2n) is 6.85. The largest absolute Gasteiger partial charge is 0.497 e. The number of rotatable bonds is 6. The van der Waals surface area contributed by atoms with Crippen molar-refractivity contribution in [3.63, 3.8) is 0 Å². The molecule has 7 heteroatoms. The van der Waals surface area contributed by atoms with Crippen LogP contribution in [0.2, 0.25) is 0 Å². The standard InChI is InChI=1S/C22H26O7/c1-13-19(23)20(24)21(25)22(28-13)29-16-8-6-14(7-9-16)4-5-15-10-17(26-2)12-18(11-15)27-3/h4-13,19-25H,1-3H3/b5-4+/t13-,19-,20+,21-,22?/m1/s1. The molecule has 0 amide bonds. The lowest BCUT2D eigenvalue weighted by Crippen LogP contribution is -2.58. The summed E-state index contributed by atoms with van der Waals surface area (Å²) in [6.07, 6.45) is -1.67. The van der Waals surface area contributed by atoms with Crippen LogP contribution in [0, 0.1) is 0 Å². The number of aliphatic hydroxyl groups is 3. The quantitative estimate of drug-likeness (QED) is 0.637. The summed E-state index contributed by atoms with van der Waals surface area (Å²) < 4.78 is 21.6. The number of ether oxygens (including phenoxy) is 4. The number of hydrogen-bond acceptors (Lipinski definition) is 7. The lowest BCUT2D eigenvalue weighted by atomic mass is 10.00. The predicted molar refractivity (Wildman–Crippen MR) is 108 cm³/mol. The zero-order valence-corrected chi connectivity index (χ0v) is 16.6. The van der Waals surface area contributed by atoms with E-state index >= 15 is 0 Å². The molecule has 1 fully saturated rings. The Morgan fingerprint density at radius 3 is 1.93 bits per heavy atom. The van der Waals surface area contributed by atoms with Gasteiger partial charge in [0.2, 0.25) is 6.29 Å². The van der Waals surface area contributed by atoms with Gasteiger partial charge in [-0.3, -0.25) is 0 Å². The van der Waals surface area contributed by atoms with Gasteiger partial charge in [0.05, 0.1) is 20.3 Å². The molecular formula is C22H26O7. The van der Waals surface area contributed by atoms with E-state index in [1.54, 1.807) is 33.3 Å². The normalized spacial score (nSPS) is 27.0. The van der Waals surface area contributed by atoms with Crippen LogP contribution in [-0.4, -0.2) is 60.2 Å². The predicted octanol–water partition coefficient (Wildman–Crippen LogP) is 2.08. The summed E-state index contributed by atoms with van der Waals surface area (Å²) in [5.74, 6) is 1.89. The minimum Gasteiger partial charge on any atom is -0.497 e. The Balaban J connectivity index is 1.67. The zero-order chi connectivity index (χ0) is 21.0. The van der Waals surface area contributed by atoms with Crippen molar-refractivity contribution in [1.29, 1.82) is 0 Å². The maximum absolute atomic E-state index is 10.0. The third-order valence-corrected chi connectivity index (χ3v) is 4.78. The van der Waals surface area contributed by atoms with Crippen molar-refractivity contribution in [1.82, 2.24) is 0 Å². The van der Waals surface area contributed by atoms with Crippen LogP contribution in [0.15, 0.2) is 42.5 Å². The first-order valence-electron chi connectivity index (χ1n) is 9.29. The monoisotopic (exact) mass is 402 g/mol. The van der Waals surface area contributed by atoms with Crippen LogP contribution in [-0.2, 0) is 4.74 Å². The molecule has 0 saturated carbocycles. The highest BCUT2D eigenvalue weighted by atomic mass is 16.7. The van der Waals surface area contributed by atoms with Crippen molar-refractivity contribution in [3.05, 3.63) is 53.6 Å². The van der Waals surface area contributed by atoms with E-state index in [1.165, 1.54) is 0 Å². The van der Waals surface area contributed by atoms with Crippen LogP contribution in [0.4, 0.5) is 0 Å². The van der Waals surface area contributed by atoms with Crippen molar-refractivity contribution in [3.8, 4) is 17.2 Å². The third kappa shape index (κ3) is 5.07. The maximum atomic E-state index is 10.0. The molecule has 0 aromatic heterocycles. The lowest BCUT2D eigenvalue weighted by Gasteiger charge is -2.38. The van der Waals surface area contributed by atoms with Gasteiger partial charge in [-0.05, 0) is 42.3 Å². The van der Waals surface area contributed by atoms with Crippen molar-refractivity contribution in [2.45, 2.75) is 37.6 Å². The van der Waals surface area contributed by atoms with E-state index in [-0.39, 0.29) is 0 Å². The smallest absolute Gasteiger partial charge is 0.229 e. The first-order valence-corrected chi connectivity index (χ1v) is 9.29. The maximum Gasteiger partial charge on any atom is 0.229 e. The molecule has 0 spiro atoms. The fourth-order valence-corrected chi connectivity index (χ4v) is 3.02. The molecule has 1 heterocycles. The van der Waals surface area contributed by atoms with Crippen LogP contribution in [0.5, 0.6) is 17.2 Å². The Kier molecular flexibility index (Phi) is 6.76. The second kappa shape index (κ2) is 9.28. The van der Waals surface area contributed by atoms with Gasteiger partial charge in [0.25, 0.3) is 0 Å². The molecular weight excluding hydrogens is 376 g/mol. The lowest BCUT2D eigenvalue weighted by molar-refractivity contribution is -0.268. The van der Waals surface area contributed by atoms with Crippen LogP contribution in [0.25, 0.3) is 12.2 Å². The molecule has 7 nitrogen and oxygen atoms in total.